The molecule has 1 saturated carbocycles. The number of carbonyl (C=O) groups excluding carboxylic acids is 3. The van der Waals surface area contributed by atoms with E-state index in [0.29, 0.717) is 37.3 Å². The SMILES string of the molecule is Cl.O=C1CCC(N2Cc3c(OCc4ccc(CC5CCNCC5)cc4)cccc3C2=O)C(=O)C1. The molecule has 5 rings (SSSR count). The smallest absolute Gasteiger partial charge is 0.255 e. The molecular weight excluding hydrogens is 452 g/mol. The van der Waals surface area contributed by atoms with Gasteiger partial charge in [0.1, 0.15) is 18.1 Å². The largest absolute Gasteiger partial charge is 0.489 e. The Hall–Kier alpha value is -2.70. The normalized spacial score (nSPS) is 20.8. The molecule has 0 radical (unpaired) electrons. The van der Waals surface area contributed by atoms with Crippen LogP contribution in [0, 0.1) is 5.92 Å². The number of carbonyl (C=O) groups is 3. The molecule has 2 aromatic rings. The van der Waals surface area contributed by atoms with E-state index >= 15 is 0 Å². The van der Waals surface area contributed by atoms with Crippen molar-refractivity contribution >= 4 is 29.9 Å². The summed E-state index contributed by atoms with van der Waals surface area (Å²) >= 11 is 0. The highest BCUT2D eigenvalue weighted by Gasteiger charge is 2.39. The zero-order chi connectivity index (χ0) is 22.8. The second-order valence-corrected chi connectivity index (χ2v) is 9.45. The quantitative estimate of drug-likeness (QED) is 0.632. The Morgan fingerprint density at radius 1 is 0.941 bits per heavy atom. The third-order valence-corrected chi connectivity index (χ3v) is 7.17. The van der Waals surface area contributed by atoms with E-state index in [1.54, 1.807) is 11.0 Å². The lowest BCUT2D eigenvalue weighted by atomic mass is 9.91. The van der Waals surface area contributed by atoms with Gasteiger partial charge in [-0.05, 0) is 68.0 Å². The van der Waals surface area contributed by atoms with Gasteiger partial charge in [-0.3, -0.25) is 14.4 Å². The van der Waals surface area contributed by atoms with Crippen LogP contribution in [0.3, 0.4) is 0 Å². The molecule has 1 atom stereocenters. The summed E-state index contributed by atoms with van der Waals surface area (Å²) in [5, 5.41) is 3.42. The number of amides is 1. The van der Waals surface area contributed by atoms with Gasteiger partial charge in [0, 0.05) is 17.5 Å². The lowest BCUT2D eigenvalue weighted by molar-refractivity contribution is -0.133. The van der Waals surface area contributed by atoms with E-state index in [1.165, 1.54) is 18.4 Å². The molecule has 1 amide bonds. The van der Waals surface area contributed by atoms with Crippen LogP contribution >= 0.6 is 12.4 Å². The number of nitrogens with one attached hydrogen (secondary N) is 1. The molecule has 2 aromatic carbocycles. The Morgan fingerprint density at radius 3 is 2.41 bits per heavy atom. The molecule has 1 unspecified atom stereocenters. The summed E-state index contributed by atoms with van der Waals surface area (Å²) in [6.45, 7) is 3.01. The van der Waals surface area contributed by atoms with Crippen molar-refractivity contribution in [3.8, 4) is 5.75 Å². The summed E-state index contributed by atoms with van der Waals surface area (Å²) in [4.78, 5) is 38.6. The van der Waals surface area contributed by atoms with Crippen LogP contribution in [0.1, 0.15) is 59.2 Å². The molecule has 3 aliphatic rings. The summed E-state index contributed by atoms with van der Waals surface area (Å²) in [6, 6.07) is 13.6. The van der Waals surface area contributed by atoms with Gasteiger partial charge in [0.15, 0.2) is 5.78 Å². The zero-order valence-electron chi connectivity index (χ0n) is 19.3. The third kappa shape index (κ3) is 5.18. The van der Waals surface area contributed by atoms with Crippen molar-refractivity contribution in [1.29, 1.82) is 0 Å². The third-order valence-electron chi connectivity index (χ3n) is 7.17. The van der Waals surface area contributed by atoms with Gasteiger partial charge in [0.05, 0.1) is 19.0 Å². The average molecular weight is 483 g/mol. The number of hydrogen-bond acceptors (Lipinski definition) is 5. The van der Waals surface area contributed by atoms with Gasteiger partial charge in [-0.25, -0.2) is 0 Å². The van der Waals surface area contributed by atoms with Crippen molar-refractivity contribution in [2.75, 3.05) is 13.1 Å². The van der Waals surface area contributed by atoms with Crippen LogP contribution in [0.4, 0.5) is 0 Å². The van der Waals surface area contributed by atoms with E-state index in [0.717, 1.165) is 36.6 Å². The molecule has 1 saturated heterocycles. The van der Waals surface area contributed by atoms with Crippen molar-refractivity contribution in [2.45, 2.75) is 57.7 Å². The molecule has 2 aliphatic heterocycles. The van der Waals surface area contributed by atoms with Gasteiger partial charge in [-0.2, -0.15) is 0 Å². The van der Waals surface area contributed by atoms with Gasteiger partial charge in [0.25, 0.3) is 5.91 Å². The molecule has 34 heavy (non-hydrogen) atoms. The number of Topliss-reactive ketones (excluding diaryl/α,β-unsaturated/α-hetero) is 2. The molecule has 0 spiro atoms. The Morgan fingerprint density at radius 2 is 1.68 bits per heavy atom. The van der Waals surface area contributed by atoms with Crippen LogP contribution in [0.25, 0.3) is 0 Å². The second-order valence-electron chi connectivity index (χ2n) is 9.45. The fraction of sp³-hybridized carbons (Fsp3) is 0.444. The fourth-order valence-corrected chi connectivity index (χ4v) is 5.25. The monoisotopic (exact) mass is 482 g/mol. The summed E-state index contributed by atoms with van der Waals surface area (Å²) in [5.41, 5.74) is 3.87. The Kier molecular flexibility index (Phi) is 7.69. The average Bonchev–Trinajstić information content (AvgIpc) is 3.16. The predicted octanol–water partition coefficient (Wildman–Crippen LogP) is 3.88. The zero-order valence-corrected chi connectivity index (χ0v) is 20.1. The highest BCUT2D eigenvalue weighted by Crippen LogP contribution is 2.34. The molecule has 0 aromatic heterocycles. The van der Waals surface area contributed by atoms with Gasteiger partial charge < -0.3 is 15.0 Å². The number of fused-ring (bicyclic) bond motifs is 1. The van der Waals surface area contributed by atoms with E-state index in [9.17, 15) is 14.4 Å². The number of rotatable bonds is 6. The number of hydrogen-bond donors (Lipinski definition) is 1. The second kappa shape index (κ2) is 10.7. The summed E-state index contributed by atoms with van der Waals surface area (Å²) in [7, 11) is 0. The fourth-order valence-electron chi connectivity index (χ4n) is 5.25. The minimum absolute atomic E-state index is 0. The first-order valence-corrected chi connectivity index (χ1v) is 12.0. The van der Waals surface area contributed by atoms with Crippen LogP contribution in [-0.2, 0) is 29.2 Å². The van der Waals surface area contributed by atoms with Gasteiger partial charge in [0.2, 0.25) is 0 Å². The van der Waals surface area contributed by atoms with Gasteiger partial charge in [-0.1, -0.05) is 30.3 Å². The lowest BCUT2D eigenvalue weighted by Gasteiger charge is -2.29. The Labute approximate surface area is 206 Å². The van der Waals surface area contributed by atoms with Crippen LogP contribution in [0.15, 0.2) is 42.5 Å². The maximum atomic E-state index is 13.0. The van der Waals surface area contributed by atoms with Crippen molar-refractivity contribution < 1.29 is 19.1 Å². The van der Waals surface area contributed by atoms with Crippen molar-refractivity contribution in [1.82, 2.24) is 10.2 Å². The Bertz CT molecular complexity index is 1060. The highest BCUT2D eigenvalue weighted by molar-refractivity contribution is 6.07. The summed E-state index contributed by atoms with van der Waals surface area (Å²) in [5.74, 6) is 1.10. The first-order valence-electron chi connectivity index (χ1n) is 12.0. The van der Waals surface area contributed by atoms with E-state index in [1.807, 2.05) is 12.1 Å². The van der Waals surface area contributed by atoms with E-state index < -0.39 is 6.04 Å². The summed E-state index contributed by atoms with van der Waals surface area (Å²) < 4.78 is 6.13. The molecule has 1 N–H and O–H groups in total. The molecule has 1 aliphatic carbocycles. The molecule has 0 bridgehead atoms. The molecule has 7 heteroatoms. The van der Waals surface area contributed by atoms with E-state index in [-0.39, 0.29) is 36.3 Å². The number of halogens is 1. The molecular formula is C27H31ClN2O4. The number of piperidine rings is 1. The first kappa shape index (κ1) is 24.4. The molecule has 2 fully saturated rings. The van der Waals surface area contributed by atoms with Gasteiger partial charge >= 0.3 is 0 Å². The van der Waals surface area contributed by atoms with Crippen LogP contribution < -0.4 is 10.1 Å². The van der Waals surface area contributed by atoms with Gasteiger partial charge in [-0.15, -0.1) is 12.4 Å². The van der Waals surface area contributed by atoms with Crippen molar-refractivity contribution in [2.24, 2.45) is 5.92 Å². The standard InChI is InChI=1S/C27H30N2O4.ClH/c30-21-8-9-24(25(31)15-21)29-16-23-22(27(29)32)2-1-3-26(23)33-17-20-6-4-18(5-7-20)14-19-10-12-28-13-11-19;/h1-7,19,24,28H,8-17H2;1H. The number of ketones is 2. The van der Waals surface area contributed by atoms with Crippen LogP contribution in [-0.4, -0.2) is 41.5 Å². The first-order chi connectivity index (χ1) is 16.1. The van der Waals surface area contributed by atoms with Crippen LogP contribution in [0.2, 0.25) is 0 Å². The topological polar surface area (TPSA) is 75.7 Å². The Balaban J connectivity index is 0.00000274. The molecule has 2 heterocycles. The maximum Gasteiger partial charge on any atom is 0.255 e. The highest BCUT2D eigenvalue weighted by atomic mass is 35.5. The molecule has 6 nitrogen and oxygen atoms in total. The van der Waals surface area contributed by atoms with Crippen LogP contribution in [0.5, 0.6) is 5.75 Å². The lowest BCUT2D eigenvalue weighted by Crippen LogP contribution is -2.44. The summed E-state index contributed by atoms with van der Waals surface area (Å²) in [6.07, 6.45) is 4.30. The van der Waals surface area contributed by atoms with Crippen molar-refractivity contribution in [3.63, 3.8) is 0 Å². The minimum atomic E-state index is -0.511. The number of nitrogens with zero attached hydrogens (tertiary/aromatic N) is 1. The van der Waals surface area contributed by atoms with E-state index in [4.69, 9.17) is 4.74 Å². The molecule has 180 valence electrons. The van der Waals surface area contributed by atoms with E-state index in [2.05, 4.69) is 29.6 Å². The maximum absolute atomic E-state index is 13.0. The minimum Gasteiger partial charge on any atom is -0.489 e. The number of ether oxygens (including phenoxy) is 1. The predicted molar refractivity (Wildman–Crippen MR) is 131 cm³/mol. The number of benzene rings is 2. The van der Waals surface area contributed by atoms with Crippen molar-refractivity contribution in [3.05, 3.63) is 64.7 Å².